The Hall–Kier alpha value is -4.25. The van der Waals surface area contributed by atoms with Crippen molar-refractivity contribution in [1.29, 1.82) is 0 Å². The molecule has 0 aliphatic carbocycles. The molecule has 0 bridgehead atoms. The van der Waals surface area contributed by atoms with Gasteiger partial charge in [-0.3, -0.25) is 0 Å². The molecule has 0 unspecified atom stereocenters. The minimum absolute atomic E-state index is 0.254. The second-order valence-corrected chi connectivity index (χ2v) is 10.1. The van der Waals surface area contributed by atoms with Crippen LogP contribution < -0.4 is 25.8 Å². The van der Waals surface area contributed by atoms with Crippen molar-refractivity contribution in [1.82, 2.24) is 14.9 Å². The third-order valence-electron chi connectivity index (χ3n) is 6.27. The van der Waals surface area contributed by atoms with Crippen molar-refractivity contribution in [3.63, 3.8) is 0 Å². The second-order valence-electron chi connectivity index (χ2n) is 10.1. The standard InChI is InChI=1S/C28H36N6O4.CH4O/c1-28(2,3)38-27(35)34-14-12-18(13-15-34)19-10-11-22(24(16-19)37-5)32-26-30-17-20(29)25(33-26)31-21-8-6-7-9-23(21)36-4;1-2/h6-11,16-18H,12-15,29H2,1-5H3,(H2,30,31,32,33);2H,1H3. The van der Waals surface area contributed by atoms with Crippen LogP contribution in [0.5, 0.6) is 11.5 Å². The molecule has 4 rings (SSSR count). The van der Waals surface area contributed by atoms with Gasteiger partial charge in [-0.05, 0) is 69.4 Å². The van der Waals surface area contributed by atoms with Gasteiger partial charge in [0.1, 0.15) is 17.1 Å². The number of likely N-dealkylation sites (tertiary alicyclic amines) is 1. The van der Waals surface area contributed by atoms with Crippen molar-refractivity contribution >= 4 is 34.9 Å². The largest absolute Gasteiger partial charge is 0.495 e. The predicted molar refractivity (Wildman–Crippen MR) is 157 cm³/mol. The molecule has 40 heavy (non-hydrogen) atoms. The number of methoxy groups -OCH3 is 2. The molecular weight excluding hydrogens is 512 g/mol. The lowest BCUT2D eigenvalue weighted by molar-refractivity contribution is 0.0205. The van der Waals surface area contributed by atoms with Crippen molar-refractivity contribution < 1.29 is 24.1 Å². The number of rotatable bonds is 7. The minimum atomic E-state index is -0.496. The van der Waals surface area contributed by atoms with Crippen LogP contribution >= 0.6 is 0 Å². The molecule has 0 spiro atoms. The SMILES string of the molecule is CO.COc1cc(C2CCN(C(=O)OC(C)(C)C)CC2)ccc1Nc1ncc(N)c(Nc2ccccc2OC)n1. The molecule has 216 valence electrons. The number of anilines is 5. The third kappa shape index (κ3) is 7.89. The Morgan fingerprint density at radius 1 is 1.00 bits per heavy atom. The number of ether oxygens (including phenoxy) is 3. The second kappa shape index (κ2) is 13.7. The highest BCUT2D eigenvalue weighted by molar-refractivity contribution is 5.73. The zero-order valence-electron chi connectivity index (χ0n) is 24.0. The summed E-state index contributed by atoms with van der Waals surface area (Å²) in [4.78, 5) is 23.1. The van der Waals surface area contributed by atoms with Gasteiger partial charge in [0.05, 0.1) is 37.5 Å². The summed E-state index contributed by atoms with van der Waals surface area (Å²) in [5.74, 6) is 2.50. The van der Waals surface area contributed by atoms with Crippen LogP contribution in [0.3, 0.4) is 0 Å². The summed E-state index contributed by atoms with van der Waals surface area (Å²) in [7, 11) is 4.24. The van der Waals surface area contributed by atoms with E-state index in [0.29, 0.717) is 48.0 Å². The molecule has 11 nitrogen and oxygen atoms in total. The third-order valence-corrected chi connectivity index (χ3v) is 6.27. The fraction of sp³-hybridized carbons (Fsp3) is 0.414. The van der Waals surface area contributed by atoms with Crippen LogP contribution in [0, 0.1) is 0 Å². The normalized spacial score (nSPS) is 13.5. The molecule has 2 heterocycles. The number of carbonyl (C=O) groups excluding carboxylic acids is 1. The van der Waals surface area contributed by atoms with E-state index in [1.165, 1.54) is 0 Å². The molecule has 1 aromatic heterocycles. The molecule has 11 heteroatoms. The summed E-state index contributed by atoms with van der Waals surface area (Å²) in [5.41, 5.74) is 8.67. The first-order valence-corrected chi connectivity index (χ1v) is 13.1. The molecule has 3 aromatic rings. The summed E-state index contributed by atoms with van der Waals surface area (Å²) < 4.78 is 16.6. The van der Waals surface area contributed by atoms with Gasteiger partial charge < -0.3 is 40.6 Å². The van der Waals surface area contributed by atoms with Gasteiger partial charge in [0, 0.05) is 20.2 Å². The van der Waals surface area contributed by atoms with Gasteiger partial charge in [-0.25, -0.2) is 9.78 Å². The lowest BCUT2D eigenvalue weighted by Crippen LogP contribution is -2.41. The van der Waals surface area contributed by atoms with Gasteiger partial charge in [-0.15, -0.1) is 0 Å². The summed E-state index contributed by atoms with van der Waals surface area (Å²) in [5, 5.41) is 13.4. The highest BCUT2D eigenvalue weighted by Gasteiger charge is 2.28. The molecule has 0 saturated carbocycles. The number of hydrogen-bond acceptors (Lipinski definition) is 10. The Labute approximate surface area is 235 Å². The summed E-state index contributed by atoms with van der Waals surface area (Å²) in [6.45, 7) is 6.96. The Morgan fingerprint density at radius 3 is 2.30 bits per heavy atom. The number of aliphatic hydroxyl groups is 1. The van der Waals surface area contributed by atoms with Crippen LogP contribution in [0.15, 0.2) is 48.7 Å². The quantitative estimate of drug-likeness (QED) is 0.305. The van der Waals surface area contributed by atoms with E-state index in [2.05, 4.69) is 26.7 Å². The zero-order valence-corrected chi connectivity index (χ0v) is 24.0. The number of para-hydroxylation sites is 2. The highest BCUT2D eigenvalue weighted by Crippen LogP contribution is 2.36. The Morgan fingerprint density at radius 2 is 1.65 bits per heavy atom. The van der Waals surface area contributed by atoms with E-state index in [-0.39, 0.29) is 6.09 Å². The summed E-state index contributed by atoms with van der Waals surface area (Å²) in [6, 6.07) is 13.6. The molecule has 1 amide bonds. The maximum absolute atomic E-state index is 12.4. The molecular formula is C29H40N6O5. The number of nitrogen functional groups attached to an aromatic ring is 1. The van der Waals surface area contributed by atoms with Crippen molar-refractivity contribution in [2.75, 3.05) is 50.8 Å². The molecule has 5 N–H and O–H groups in total. The Bertz CT molecular complexity index is 1270. The molecule has 0 atom stereocenters. The molecule has 1 aliphatic rings. The number of benzene rings is 2. The molecule has 1 fully saturated rings. The minimum Gasteiger partial charge on any atom is -0.495 e. The monoisotopic (exact) mass is 552 g/mol. The lowest BCUT2D eigenvalue weighted by atomic mass is 9.89. The molecule has 2 aromatic carbocycles. The number of nitrogens with two attached hydrogens (primary N) is 1. The van der Waals surface area contributed by atoms with E-state index in [4.69, 9.17) is 25.1 Å². The van der Waals surface area contributed by atoms with Crippen LogP contribution in [0.2, 0.25) is 0 Å². The maximum atomic E-state index is 12.4. The molecule has 1 saturated heterocycles. The number of piperidine rings is 1. The Balaban J connectivity index is 0.00000216. The Kier molecular flexibility index (Phi) is 10.4. The van der Waals surface area contributed by atoms with E-state index in [1.807, 2.05) is 57.2 Å². The van der Waals surface area contributed by atoms with Crippen molar-refractivity contribution in [2.45, 2.75) is 45.1 Å². The number of nitrogens with one attached hydrogen (secondary N) is 2. The number of aliphatic hydroxyl groups excluding tert-OH is 1. The molecule has 1 aliphatic heterocycles. The van der Waals surface area contributed by atoms with Gasteiger partial charge >= 0.3 is 6.09 Å². The fourth-order valence-corrected chi connectivity index (χ4v) is 4.33. The van der Waals surface area contributed by atoms with E-state index >= 15 is 0 Å². The van der Waals surface area contributed by atoms with Crippen LogP contribution in [0.1, 0.15) is 45.1 Å². The van der Waals surface area contributed by atoms with Gasteiger partial charge in [-0.1, -0.05) is 18.2 Å². The summed E-state index contributed by atoms with van der Waals surface area (Å²) in [6.07, 6.45) is 3.01. The van der Waals surface area contributed by atoms with Crippen molar-refractivity contribution in [3.05, 3.63) is 54.2 Å². The van der Waals surface area contributed by atoms with Crippen LogP contribution in [-0.2, 0) is 4.74 Å². The van der Waals surface area contributed by atoms with E-state index < -0.39 is 5.60 Å². The maximum Gasteiger partial charge on any atom is 0.410 e. The fourth-order valence-electron chi connectivity index (χ4n) is 4.33. The van der Waals surface area contributed by atoms with Gasteiger partial charge in [0.15, 0.2) is 5.82 Å². The predicted octanol–water partition coefficient (Wildman–Crippen LogP) is 5.29. The highest BCUT2D eigenvalue weighted by atomic mass is 16.6. The van der Waals surface area contributed by atoms with E-state index in [0.717, 1.165) is 36.9 Å². The van der Waals surface area contributed by atoms with E-state index in [9.17, 15) is 4.79 Å². The topological polar surface area (TPSA) is 144 Å². The van der Waals surface area contributed by atoms with Gasteiger partial charge in [0.25, 0.3) is 0 Å². The van der Waals surface area contributed by atoms with Crippen LogP contribution in [0.4, 0.5) is 33.6 Å². The van der Waals surface area contributed by atoms with E-state index in [1.54, 1.807) is 25.3 Å². The number of carbonyl (C=O) groups is 1. The van der Waals surface area contributed by atoms with Crippen LogP contribution in [-0.4, -0.2) is 66.1 Å². The lowest BCUT2D eigenvalue weighted by Gasteiger charge is -2.33. The molecule has 0 radical (unpaired) electrons. The first-order chi connectivity index (χ1) is 19.2. The smallest absolute Gasteiger partial charge is 0.410 e. The number of aromatic nitrogens is 2. The average molecular weight is 553 g/mol. The first-order valence-electron chi connectivity index (χ1n) is 13.1. The number of amides is 1. The van der Waals surface area contributed by atoms with Gasteiger partial charge in [-0.2, -0.15) is 4.98 Å². The number of hydrogen-bond donors (Lipinski definition) is 4. The first kappa shape index (κ1) is 30.3. The van der Waals surface area contributed by atoms with Crippen molar-refractivity contribution in [2.24, 2.45) is 0 Å². The average Bonchev–Trinajstić information content (AvgIpc) is 2.95. The zero-order chi connectivity index (χ0) is 29.3. The number of nitrogens with zero attached hydrogens (tertiary/aromatic N) is 3. The van der Waals surface area contributed by atoms with Crippen molar-refractivity contribution in [3.8, 4) is 11.5 Å². The van der Waals surface area contributed by atoms with Gasteiger partial charge in [0.2, 0.25) is 5.95 Å². The van der Waals surface area contributed by atoms with Crippen LogP contribution in [0.25, 0.3) is 0 Å². The summed E-state index contributed by atoms with van der Waals surface area (Å²) >= 11 is 0.